The van der Waals surface area contributed by atoms with E-state index in [9.17, 15) is 4.79 Å². The number of benzene rings is 1. The normalized spacial score (nSPS) is 11.2. The van der Waals surface area contributed by atoms with Crippen molar-refractivity contribution in [3.05, 3.63) is 17.7 Å². The predicted molar refractivity (Wildman–Crippen MR) is 68.5 cm³/mol. The third-order valence-electron chi connectivity index (χ3n) is 2.13. The van der Waals surface area contributed by atoms with Gasteiger partial charge in [-0.3, -0.25) is 0 Å². The van der Waals surface area contributed by atoms with E-state index in [4.69, 9.17) is 31.9 Å². The van der Waals surface area contributed by atoms with Gasteiger partial charge < -0.3 is 20.3 Å². The van der Waals surface area contributed by atoms with Gasteiger partial charge in [0.1, 0.15) is 5.84 Å². The molecular formula is C11H13ClN2O4. The number of aromatic carboxylic acids is 1. The molecule has 0 spiro atoms. The zero-order chi connectivity index (χ0) is 13.7. The molecule has 0 fully saturated rings. The van der Waals surface area contributed by atoms with E-state index < -0.39 is 5.97 Å². The summed E-state index contributed by atoms with van der Waals surface area (Å²) in [7, 11) is 2.86. The zero-order valence-electron chi connectivity index (χ0n) is 9.94. The zero-order valence-corrected chi connectivity index (χ0v) is 10.7. The molecule has 6 nitrogen and oxygen atoms in total. The number of carboxylic acids is 1. The van der Waals surface area contributed by atoms with Crippen molar-refractivity contribution in [3.63, 3.8) is 0 Å². The number of nitrogens with zero attached hydrogens (tertiary/aromatic N) is 1. The van der Waals surface area contributed by atoms with E-state index in [1.807, 2.05) is 0 Å². The molecule has 0 aliphatic rings. The summed E-state index contributed by atoms with van der Waals surface area (Å²) in [5.41, 5.74) is 5.61. The number of carbonyl (C=O) groups is 1. The van der Waals surface area contributed by atoms with E-state index in [0.29, 0.717) is 11.5 Å². The van der Waals surface area contributed by atoms with Crippen LogP contribution in [0.4, 0.5) is 5.69 Å². The molecule has 18 heavy (non-hydrogen) atoms. The van der Waals surface area contributed by atoms with Crippen LogP contribution >= 0.6 is 11.6 Å². The van der Waals surface area contributed by atoms with Gasteiger partial charge in [0.05, 0.1) is 31.4 Å². The fourth-order valence-corrected chi connectivity index (χ4v) is 1.38. The maximum absolute atomic E-state index is 11.1. The lowest BCUT2D eigenvalue weighted by Crippen LogP contribution is -2.13. The Kier molecular flexibility index (Phi) is 4.79. The fourth-order valence-electron chi connectivity index (χ4n) is 1.32. The van der Waals surface area contributed by atoms with Crippen LogP contribution in [0.3, 0.4) is 0 Å². The van der Waals surface area contributed by atoms with Crippen molar-refractivity contribution in [2.24, 2.45) is 10.7 Å². The number of hydrogen-bond acceptors (Lipinski definition) is 4. The quantitative estimate of drug-likeness (QED) is 0.483. The van der Waals surface area contributed by atoms with Gasteiger partial charge in [-0.2, -0.15) is 0 Å². The molecule has 0 bridgehead atoms. The summed E-state index contributed by atoms with van der Waals surface area (Å²) in [4.78, 5) is 15.0. The molecule has 0 amide bonds. The summed E-state index contributed by atoms with van der Waals surface area (Å²) in [5, 5.41) is 9.10. The molecule has 1 aromatic carbocycles. The molecule has 3 N–H and O–H groups in total. The van der Waals surface area contributed by atoms with Gasteiger partial charge in [0.15, 0.2) is 11.5 Å². The van der Waals surface area contributed by atoms with Crippen LogP contribution in [-0.4, -0.2) is 37.0 Å². The summed E-state index contributed by atoms with van der Waals surface area (Å²) in [6.07, 6.45) is 0. The molecule has 0 aromatic heterocycles. The third kappa shape index (κ3) is 3.04. The van der Waals surface area contributed by atoms with Crippen molar-refractivity contribution in [1.82, 2.24) is 0 Å². The van der Waals surface area contributed by atoms with E-state index in [0.717, 1.165) is 0 Å². The number of halogens is 1. The Morgan fingerprint density at radius 1 is 1.39 bits per heavy atom. The standard InChI is InChI=1S/C11H13ClN2O4/c1-17-8-3-6(11(15)16)7(4-9(8)18-2)14-10(13)5-12/h3-4H,5H2,1-2H3,(H2,13,14)(H,15,16). The number of aliphatic imine (C=N–C) groups is 1. The van der Waals surface area contributed by atoms with Gasteiger partial charge in [-0.05, 0) is 0 Å². The molecule has 0 unspecified atom stereocenters. The average molecular weight is 273 g/mol. The highest BCUT2D eigenvalue weighted by molar-refractivity contribution is 6.28. The second kappa shape index (κ2) is 6.11. The number of hydrogen-bond donors (Lipinski definition) is 2. The number of methoxy groups -OCH3 is 2. The monoisotopic (exact) mass is 272 g/mol. The van der Waals surface area contributed by atoms with Crippen LogP contribution < -0.4 is 15.2 Å². The Labute approximate surface area is 109 Å². The number of alkyl halides is 1. The molecule has 0 saturated heterocycles. The van der Waals surface area contributed by atoms with E-state index in [1.54, 1.807) is 0 Å². The number of ether oxygens (including phenoxy) is 2. The van der Waals surface area contributed by atoms with Crippen molar-refractivity contribution >= 4 is 29.1 Å². The van der Waals surface area contributed by atoms with Crippen LogP contribution in [0.1, 0.15) is 10.4 Å². The molecule has 0 aliphatic heterocycles. The first-order valence-electron chi connectivity index (χ1n) is 4.91. The van der Waals surface area contributed by atoms with E-state index in [1.165, 1.54) is 26.4 Å². The number of rotatable bonds is 5. The fraction of sp³-hybridized carbons (Fsp3) is 0.273. The molecule has 0 radical (unpaired) electrons. The molecule has 1 rings (SSSR count). The van der Waals surface area contributed by atoms with Crippen molar-refractivity contribution in [2.75, 3.05) is 20.1 Å². The summed E-state index contributed by atoms with van der Waals surface area (Å²) in [6.45, 7) is 0. The first-order valence-corrected chi connectivity index (χ1v) is 5.45. The largest absolute Gasteiger partial charge is 0.493 e. The van der Waals surface area contributed by atoms with Gasteiger partial charge in [0, 0.05) is 12.1 Å². The van der Waals surface area contributed by atoms with Crippen molar-refractivity contribution < 1.29 is 19.4 Å². The van der Waals surface area contributed by atoms with Crippen molar-refractivity contribution in [2.45, 2.75) is 0 Å². The Bertz CT molecular complexity index is 488. The highest BCUT2D eigenvalue weighted by Gasteiger charge is 2.16. The van der Waals surface area contributed by atoms with Crippen molar-refractivity contribution in [3.8, 4) is 11.5 Å². The maximum Gasteiger partial charge on any atom is 0.338 e. The second-order valence-electron chi connectivity index (χ2n) is 3.27. The minimum Gasteiger partial charge on any atom is -0.493 e. The topological polar surface area (TPSA) is 94.1 Å². The summed E-state index contributed by atoms with van der Waals surface area (Å²) >= 11 is 5.51. The van der Waals surface area contributed by atoms with Gasteiger partial charge in [0.2, 0.25) is 0 Å². The molecule has 7 heteroatoms. The first kappa shape index (κ1) is 14.1. The van der Waals surface area contributed by atoms with Crippen LogP contribution in [0, 0.1) is 0 Å². The summed E-state index contributed by atoms with van der Waals surface area (Å²) in [5.74, 6) is -0.349. The Hall–Kier alpha value is -1.95. The molecule has 0 atom stereocenters. The molecule has 98 valence electrons. The molecule has 0 saturated carbocycles. The molecule has 1 aromatic rings. The Balaban J connectivity index is 3.43. The van der Waals surface area contributed by atoms with Crippen LogP contribution in [0.2, 0.25) is 0 Å². The molecule has 0 heterocycles. The molecule has 0 aliphatic carbocycles. The van der Waals surface area contributed by atoms with Gasteiger partial charge in [0.25, 0.3) is 0 Å². The third-order valence-corrected chi connectivity index (χ3v) is 2.41. The van der Waals surface area contributed by atoms with Crippen LogP contribution in [0.5, 0.6) is 11.5 Å². The lowest BCUT2D eigenvalue weighted by molar-refractivity contribution is 0.0697. The summed E-state index contributed by atoms with van der Waals surface area (Å²) < 4.78 is 10.1. The van der Waals surface area contributed by atoms with Crippen molar-refractivity contribution in [1.29, 1.82) is 0 Å². The molecular weight excluding hydrogens is 260 g/mol. The average Bonchev–Trinajstić information content (AvgIpc) is 2.37. The van der Waals surface area contributed by atoms with E-state index in [-0.39, 0.29) is 23.0 Å². The van der Waals surface area contributed by atoms with E-state index in [2.05, 4.69) is 4.99 Å². The lowest BCUT2D eigenvalue weighted by atomic mass is 10.1. The van der Waals surface area contributed by atoms with Crippen LogP contribution in [0.25, 0.3) is 0 Å². The maximum atomic E-state index is 11.1. The number of nitrogens with two attached hydrogens (primary N) is 1. The number of carboxylic acid groups (broad SMARTS) is 1. The van der Waals surface area contributed by atoms with Gasteiger partial charge in [-0.1, -0.05) is 0 Å². The highest BCUT2D eigenvalue weighted by atomic mass is 35.5. The van der Waals surface area contributed by atoms with Gasteiger partial charge >= 0.3 is 5.97 Å². The number of amidine groups is 1. The lowest BCUT2D eigenvalue weighted by Gasteiger charge is -2.10. The Morgan fingerprint density at radius 3 is 2.39 bits per heavy atom. The summed E-state index contributed by atoms with van der Waals surface area (Å²) in [6, 6.07) is 2.75. The van der Waals surface area contributed by atoms with Gasteiger partial charge in [-0.25, -0.2) is 9.79 Å². The smallest absolute Gasteiger partial charge is 0.338 e. The highest BCUT2D eigenvalue weighted by Crippen LogP contribution is 2.34. The minimum atomic E-state index is -1.14. The van der Waals surface area contributed by atoms with Crippen LogP contribution in [-0.2, 0) is 0 Å². The SMILES string of the molecule is COc1cc(N=C(N)CCl)c(C(=O)O)cc1OC. The predicted octanol–water partition coefficient (Wildman–Crippen LogP) is 1.63. The minimum absolute atomic E-state index is 0.00734. The Morgan fingerprint density at radius 2 is 1.94 bits per heavy atom. The first-order chi connectivity index (χ1) is 8.53. The van der Waals surface area contributed by atoms with Gasteiger partial charge in [-0.15, -0.1) is 11.6 Å². The van der Waals surface area contributed by atoms with E-state index >= 15 is 0 Å². The second-order valence-corrected chi connectivity index (χ2v) is 3.53. The van der Waals surface area contributed by atoms with Crippen LogP contribution in [0.15, 0.2) is 17.1 Å².